The van der Waals surface area contributed by atoms with E-state index in [9.17, 15) is 0 Å². The van der Waals surface area contributed by atoms with E-state index >= 15 is 0 Å². The molecule has 2 atom stereocenters. The van der Waals surface area contributed by atoms with Crippen molar-refractivity contribution in [2.75, 3.05) is 0 Å². The average Bonchev–Trinajstić information content (AvgIpc) is 1.95. The van der Waals surface area contributed by atoms with Crippen molar-refractivity contribution in [3.63, 3.8) is 0 Å². The van der Waals surface area contributed by atoms with Gasteiger partial charge in [-0.25, -0.2) is 0 Å². The highest BCUT2D eigenvalue weighted by atomic mass is 14.4. The summed E-state index contributed by atoms with van der Waals surface area (Å²) in [6.07, 6.45) is 7.33. The molecule has 0 aromatic carbocycles. The van der Waals surface area contributed by atoms with E-state index in [0.29, 0.717) is 5.41 Å². The van der Waals surface area contributed by atoms with Crippen molar-refractivity contribution in [1.29, 1.82) is 0 Å². The molecule has 1 aliphatic rings. The van der Waals surface area contributed by atoms with Crippen LogP contribution in [0.2, 0.25) is 0 Å². The van der Waals surface area contributed by atoms with Gasteiger partial charge in [0.05, 0.1) is 0 Å². The molecule has 0 heteroatoms. The maximum absolute atomic E-state index is 2.40. The van der Waals surface area contributed by atoms with Crippen LogP contribution in [0.1, 0.15) is 40.5 Å². The lowest BCUT2D eigenvalue weighted by Crippen LogP contribution is -2.31. The van der Waals surface area contributed by atoms with Gasteiger partial charge in [0, 0.05) is 0 Å². The molecule has 0 saturated carbocycles. The lowest BCUT2D eigenvalue weighted by Gasteiger charge is -2.40. The number of allylic oxidation sites excluding steroid dienone is 2. The lowest BCUT2D eigenvalue weighted by molar-refractivity contribution is 0.141. The van der Waals surface area contributed by atoms with E-state index in [0.717, 1.165) is 11.8 Å². The Morgan fingerprint density at radius 2 is 2.09 bits per heavy atom. The molecule has 0 bridgehead atoms. The largest absolute Gasteiger partial charge is 0.0880 e. The van der Waals surface area contributed by atoms with Crippen LogP contribution >= 0.6 is 0 Å². The summed E-state index contributed by atoms with van der Waals surface area (Å²) in [4.78, 5) is 0. The SMILES string of the molecule is CCC1CC=CC(C)C1(C)C. The molecule has 0 N–H and O–H groups in total. The van der Waals surface area contributed by atoms with Crippen LogP contribution in [-0.4, -0.2) is 0 Å². The second-order valence-electron chi connectivity index (χ2n) is 4.38. The molecule has 1 rings (SSSR count). The summed E-state index contributed by atoms with van der Waals surface area (Å²) < 4.78 is 0. The van der Waals surface area contributed by atoms with E-state index in [1.54, 1.807) is 0 Å². The highest BCUT2D eigenvalue weighted by molar-refractivity contribution is 5.02. The summed E-state index contributed by atoms with van der Waals surface area (Å²) in [7, 11) is 0. The van der Waals surface area contributed by atoms with Gasteiger partial charge in [0.2, 0.25) is 0 Å². The molecular formula is C11H20. The molecule has 1 aliphatic carbocycles. The molecule has 0 heterocycles. The maximum Gasteiger partial charge on any atom is -0.0208 e. The van der Waals surface area contributed by atoms with Crippen LogP contribution in [0.25, 0.3) is 0 Å². The minimum atomic E-state index is 0.517. The zero-order valence-electron chi connectivity index (χ0n) is 8.22. The Morgan fingerprint density at radius 1 is 1.45 bits per heavy atom. The summed E-state index contributed by atoms with van der Waals surface area (Å²) in [5, 5.41) is 0. The maximum atomic E-state index is 2.40. The fraction of sp³-hybridized carbons (Fsp3) is 0.818. The first-order valence-electron chi connectivity index (χ1n) is 4.75. The standard InChI is InChI=1S/C11H20/c1-5-10-8-6-7-9(2)11(10,3)4/h6-7,9-10H,5,8H2,1-4H3. The fourth-order valence-corrected chi connectivity index (χ4v) is 2.06. The molecular weight excluding hydrogens is 132 g/mol. The third kappa shape index (κ3) is 1.50. The van der Waals surface area contributed by atoms with Crippen molar-refractivity contribution in [3.05, 3.63) is 12.2 Å². The smallest absolute Gasteiger partial charge is 0.0208 e. The second kappa shape index (κ2) is 3.00. The van der Waals surface area contributed by atoms with E-state index in [1.807, 2.05) is 0 Å². The van der Waals surface area contributed by atoms with Crippen molar-refractivity contribution in [2.24, 2.45) is 17.3 Å². The summed E-state index contributed by atoms with van der Waals surface area (Å²) in [5.74, 6) is 1.64. The summed E-state index contributed by atoms with van der Waals surface area (Å²) in [5.41, 5.74) is 0.517. The molecule has 0 aliphatic heterocycles. The average molecular weight is 152 g/mol. The van der Waals surface area contributed by atoms with Crippen molar-refractivity contribution >= 4 is 0 Å². The van der Waals surface area contributed by atoms with Crippen LogP contribution in [0.4, 0.5) is 0 Å². The van der Waals surface area contributed by atoms with Gasteiger partial charge in [-0.3, -0.25) is 0 Å². The van der Waals surface area contributed by atoms with Gasteiger partial charge in [-0.15, -0.1) is 0 Å². The van der Waals surface area contributed by atoms with Crippen LogP contribution in [0.3, 0.4) is 0 Å². The van der Waals surface area contributed by atoms with E-state index in [4.69, 9.17) is 0 Å². The molecule has 11 heavy (non-hydrogen) atoms. The molecule has 0 nitrogen and oxygen atoms in total. The van der Waals surface area contributed by atoms with E-state index < -0.39 is 0 Å². The quantitative estimate of drug-likeness (QED) is 0.503. The molecule has 0 aromatic rings. The van der Waals surface area contributed by atoms with Crippen LogP contribution in [0.5, 0.6) is 0 Å². The summed E-state index contributed by atoms with van der Waals surface area (Å²) >= 11 is 0. The highest BCUT2D eigenvalue weighted by Crippen LogP contribution is 2.42. The Balaban J connectivity index is 2.77. The third-order valence-corrected chi connectivity index (χ3v) is 3.56. The normalized spacial score (nSPS) is 35.6. The molecule has 0 spiro atoms. The van der Waals surface area contributed by atoms with Gasteiger partial charge in [0.25, 0.3) is 0 Å². The number of hydrogen-bond donors (Lipinski definition) is 0. The predicted molar refractivity (Wildman–Crippen MR) is 50.5 cm³/mol. The van der Waals surface area contributed by atoms with Gasteiger partial charge in [0.1, 0.15) is 0 Å². The Kier molecular flexibility index (Phi) is 2.41. The minimum absolute atomic E-state index is 0.517. The van der Waals surface area contributed by atoms with Crippen molar-refractivity contribution in [1.82, 2.24) is 0 Å². The van der Waals surface area contributed by atoms with Crippen molar-refractivity contribution < 1.29 is 0 Å². The zero-order chi connectivity index (χ0) is 8.48. The minimum Gasteiger partial charge on any atom is -0.0880 e. The monoisotopic (exact) mass is 152 g/mol. The lowest BCUT2D eigenvalue weighted by atomic mass is 9.65. The molecule has 2 unspecified atom stereocenters. The molecule has 0 saturated heterocycles. The van der Waals surface area contributed by atoms with Crippen LogP contribution in [0.15, 0.2) is 12.2 Å². The summed E-state index contributed by atoms with van der Waals surface area (Å²) in [6, 6.07) is 0. The molecule has 0 amide bonds. The molecule has 0 radical (unpaired) electrons. The van der Waals surface area contributed by atoms with Crippen LogP contribution in [-0.2, 0) is 0 Å². The molecule has 64 valence electrons. The van der Waals surface area contributed by atoms with Gasteiger partial charge in [-0.05, 0) is 23.7 Å². The van der Waals surface area contributed by atoms with Crippen LogP contribution in [0, 0.1) is 17.3 Å². The first-order chi connectivity index (χ1) is 5.09. The summed E-state index contributed by atoms with van der Waals surface area (Å²) in [6.45, 7) is 9.43. The Hall–Kier alpha value is -0.260. The van der Waals surface area contributed by atoms with Crippen molar-refractivity contribution in [3.8, 4) is 0 Å². The Bertz CT molecular complexity index is 153. The Morgan fingerprint density at radius 3 is 2.55 bits per heavy atom. The van der Waals surface area contributed by atoms with Gasteiger partial charge < -0.3 is 0 Å². The number of hydrogen-bond acceptors (Lipinski definition) is 0. The van der Waals surface area contributed by atoms with Gasteiger partial charge in [0.15, 0.2) is 0 Å². The van der Waals surface area contributed by atoms with Crippen LogP contribution < -0.4 is 0 Å². The first-order valence-corrected chi connectivity index (χ1v) is 4.75. The molecule has 0 aromatic heterocycles. The Labute approximate surface area is 70.7 Å². The first kappa shape index (κ1) is 8.83. The van der Waals surface area contributed by atoms with Crippen molar-refractivity contribution in [2.45, 2.75) is 40.5 Å². The van der Waals surface area contributed by atoms with E-state index in [2.05, 4.69) is 39.8 Å². The highest BCUT2D eigenvalue weighted by Gasteiger charge is 2.33. The van der Waals surface area contributed by atoms with Gasteiger partial charge >= 0.3 is 0 Å². The number of rotatable bonds is 1. The fourth-order valence-electron chi connectivity index (χ4n) is 2.06. The topological polar surface area (TPSA) is 0 Å². The third-order valence-electron chi connectivity index (χ3n) is 3.56. The zero-order valence-corrected chi connectivity index (χ0v) is 8.22. The van der Waals surface area contributed by atoms with Gasteiger partial charge in [-0.1, -0.05) is 46.3 Å². The molecule has 0 fully saturated rings. The second-order valence-corrected chi connectivity index (χ2v) is 4.38. The predicted octanol–water partition coefficient (Wildman–Crippen LogP) is 3.63. The van der Waals surface area contributed by atoms with Gasteiger partial charge in [-0.2, -0.15) is 0 Å². The van der Waals surface area contributed by atoms with E-state index in [1.165, 1.54) is 12.8 Å². The van der Waals surface area contributed by atoms with E-state index in [-0.39, 0.29) is 0 Å².